The van der Waals surface area contributed by atoms with E-state index in [0.717, 1.165) is 38.1 Å². The summed E-state index contributed by atoms with van der Waals surface area (Å²) in [5, 5.41) is 6.78. The Morgan fingerprint density at radius 2 is 2.00 bits per heavy atom. The van der Waals surface area contributed by atoms with Crippen LogP contribution in [0.5, 0.6) is 0 Å². The Kier molecular flexibility index (Phi) is 6.98. The second kappa shape index (κ2) is 9.23. The van der Waals surface area contributed by atoms with Crippen LogP contribution in [0, 0.1) is 5.92 Å². The summed E-state index contributed by atoms with van der Waals surface area (Å²) in [6.45, 7) is 8.30. The van der Waals surface area contributed by atoms with E-state index in [1.165, 1.54) is 24.1 Å². The van der Waals surface area contributed by atoms with Crippen molar-refractivity contribution in [3.63, 3.8) is 0 Å². The summed E-state index contributed by atoms with van der Waals surface area (Å²) in [5.74, 6) is 1.64. The monoisotopic (exact) mass is 314 g/mol. The fourth-order valence-electron chi connectivity index (χ4n) is 2.68. The fourth-order valence-corrected chi connectivity index (χ4v) is 2.68. The highest BCUT2D eigenvalue weighted by Crippen LogP contribution is 2.18. The summed E-state index contributed by atoms with van der Waals surface area (Å²) >= 11 is 0. The predicted octanol–water partition coefficient (Wildman–Crippen LogP) is 3.16. The van der Waals surface area contributed by atoms with Gasteiger partial charge in [0.25, 0.3) is 0 Å². The lowest BCUT2D eigenvalue weighted by molar-refractivity contribution is 0.549. The zero-order valence-electron chi connectivity index (χ0n) is 14.7. The van der Waals surface area contributed by atoms with Crippen LogP contribution in [-0.4, -0.2) is 32.6 Å². The first-order valence-electron chi connectivity index (χ1n) is 8.62. The summed E-state index contributed by atoms with van der Waals surface area (Å²) in [6, 6.07) is 8.72. The van der Waals surface area contributed by atoms with Gasteiger partial charge >= 0.3 is 0 Å². The molecule has 0 aliphatic carbocycles. The molecular formula is C19H30N4. The number of benzene rings is 1. The first-order valence-corrected chi connectivity index (χ1v) is 8.62. The van der Waals surface area contributed by atoms with Gasteiger partial charge in [0.05, 0.1) is 0 Å². The molecule has 4 heteroatoms. The molecule has 2 rings (SSSR count). The highest BCUT2D eigenvalue weighted by atomic mass is 15.2. The van der Waals surface area contributed by atoms with E-state index in [2.05, 4.69) is 70.8 Å². The molecule has 1 aromatic rings. The number of anilines is 1. The number of guanidine groups is 1. The first-order chi connectivity index (χ1) is 11.2. The molecule has 1 heterocycles. The SMILES string of the molecule is CN=C(NCCCC(C)C)NCc1cccc(N2CC=CC2)c1. The van der Waals surface area contributed by atoms with Gasteiger partial charge in [-0.15, -0.1) is 0 Å². The summed E-state index contributed by atoms with van der Waals surface area (Å²) < 4.78 is 0. The molecular weight excluding hydrogens is 284 g/mol. The molecule has 23 heavy (non-hydrogen) atoms. The number of hydrogen-bond acceptors (Lipinski definition) is 2. The quantitative estimate of drug-likeness (QED) is 0.351. The number of aliphatic imine (C=N–C) groups is 1. The fraction of sp³-hybridized carbons (Fsp3) is 0.526. The summed E-state index contributed by atoms with van der Waals surface area (Å²) in [4.78, 5) is 6.66. The first kappa shape index (κ1) is 17.4. The molecule has 0 saturated carbocycles. The maximum Gasteiger partial charge on any atom is 0.191 e. The van der Waals surface area contributed by atoms with Gasteiger partial charge in [0.15, 0.2) is 5.96 Å². The van der Waals surface area contributed by atoms with Crippen molar-refractivity contribution in [1.82, 2.24) is 10.6 Å². The van der Waals surface area contributed by atoms with Crippen LogP contribution in [0.4, 0.5) is 5.69 Å². The highest BCUT2D eigenvalue weighted by molar-refractivity contribution is 5.79. The molecule has 0 saturated heterocycles. The topological polar surface area (TPSA) is 39.7 Å². The molecule has 0 atom stereocenters. The van der Waals surface area contributed by atoms with Gasteiger partial charge in [-0.1, -0.05) is 38.1 Å². The zero-order chi connectivity index (χ0) is 16.5. The van der Waals surface area contributed by atoms with Crippen molar-refractivity contribution in [2.24, 2.45) is 10.9 Å². The van der Waals surface area contributed by atoms with Crippen LogP contribution in [0.15, 0.2) is 41.4 Å². The molecule has 0 unspecified atom stereocenters. The largest absolute Gasteiger partial charge is 0.364 e. The van der Waals surface area contributed by atoms with E-state index >= 15 is 0 Å². The Labute approximate surface area is 140 Å². The van der Waals surface area contributed by atoms with E-state index in [1.54, 1.807) is 0 Å². The minimum absolute atomic E-state index is 0.759. The summed E-state index contributed by atoms with van der Waals surface area (Å²) in [6.07, 6.45) is 6.85. The Morgan fingerprint density at radius 1 is 1.22 bits per heavy atom. The lowest BCUT2D eigenvalue weighted by Gasteiger charge is -2.19. The van der Waals surface area contributed by atoms with Crippen LogP contribution in [0.2, 0.25) is 0 Å². The van der Waals surface area contributed by atoms with Crippen molar-refractivity contribution in [3.8, 4) is 0 Å². The maximum absolute atomic E-state index is 4.29. The molecule has 0 radical (unpaired) electrons. The van der Waals surface area contributed by atoms with Gasteiger partial charge in [-0.3, -0.25) is 4.99 Å². The third kappa shape index (κ3) is 5.97. The van der Waals surface area contributed by atoms with Gasteiger partial charge in [0.1, 0.15) is 0 Å². The normalized spacial score (nSPS) is 14.6. The Balaban J connectivity index is 1.78. The summed E-state index contributed by atoms with van der Waals surface area (Å²) in [7, 11) is 1.82. The van der Waals surface area contributed by atoms with Gasteiger partial charge in [-0.2, -0.15) is 0 Å². The third-order valence-corrected chi connectivity index (χ3v) is 4.03. The smallest absolute Gasteiger partial charge is 0.191 e. The van der Waals surface area contributed by atoms with Crippen molar-refractivity contribution in [3.05, 3.63) is 42.0 Å². The summed E-state index contributed by atoms with van der Waals surface area (Å²) in [5.41, 5.74) is 2.56. The van der Waals surface area contributed by atoms with Crippen molar-refractivity contribution in [1.29, 1.82) is 0 Å². The van der Waals surface area contributed by atoms with Crippen molar-refractivity contribution in [2.75, 3.05) is 31.6 Å². The van der Waals surface area contributed by atoms with E-state index < -0.39 is 0 Å². The van der Waals surface area contributed by atoms with E-state index in [-0.39, 0.29) is 0 Å². The van der Waals surface area contributed by atoms with Crippen LogP contribution in [-0.2, 0) is 6.54 Å². The Bertz CT molecular complexity index is 526. The molecule has 0 aromatic heterocycles. The average molecular weight is 314 g/mol. The van der Waals surface area contributed by atoms with E-state index in [4.69, 9.17) is 0 Å². The van der Waals surface area contributed by atoms with Gasteiger partial charge in [0, 0.05) is 38.9 Å². The van der Waals surface area contributed by atoms with Crippen LogP contribution >= 0.6 is 0 Å². The minimum Gasteiger partial charge on any atom is -0.364 e. The van der Waals surface area contributed by atoms with Gasteiger partial charge in [0.2, 0.25) is 0 Å². The van der Waals surface area contributed by atoms with Gasteiger partial charge in [-0.25, -0.2) is 0 Å². The molecule has 0 bridgehead atoms. The zero-order valence-corrected chi connectivity index (χ0v) is 14.7. The Morgan fingerprint density at radius 3 is 2.70 bits per heavy atom. The number of nitrogens with zero attached hydrogens (tertiary/aromatic N) is 2. The number of nitrogens with one attached hydrogen (secondary N) is 2. The van der Waals surface area contributed by atoms with E-state index in [0.29, 0.717) is 0 Å². The number of hydrogen-bond donors (Lipinski definition) is 2. The lowest BCUT2D eigenvalue weighted by atomic mass is 10.1. The van der Waals surface area contributed by atoms with Crippen molar-refractivity contribution in [2.45, 2.75) is 33.2 Å². The van der Waals surface area contributed by atoms with Crippen molar-refractivity contribution < 1.29 is 0 Å². The van der Waals surface area contributed by atoms with E-state index in [1.807, 2.05) is 7.05 Å². The van der Waals surface area contributed by atoms with Gasteiger partial charge < -0.3 is 15.5 Å². The molecule has 0 amide bonds. The second-order valence-electron chi connectivity index (χ2n) is 6.43. The minimum atomic E-state index is 0.759. The predicted molar refractivity (Wildman–Crippen MR) is 100 cm³/mol. The number of rotatable bonds is 7. The average Bonchev–Trinajstić information content (AvgIpc) is 3.09. The van der Waals surface area contributed by atoms with Gasteiger partial charge in [-0.05, 0) is 36.5 Å². The van der Waals surface area contributed by atoms with Crippen LogP contribution in [0.1, 0.15) is 32.3 Å². The van der Waals surface area contributed by atoms with Crippen LogP contribution in [0.3, 0.4) is 0 Å². The molecule has 1 aromatic carbocycles. The second-order valence-corrected chi connectivity index (χ2v) is 6.43. The molecule has 0 spiro atoms. The molecule has 0 fully saturated rings. The third-order valence-electron chi connectivity index (χ3n) is 4.03. The van der Waals surface area contributed by atoms with Crippen molar-refractivity contribution >= 4 is 11.6 Å². The van der Waals surface area contributed by atoms with Crippen LogP contribution < -0.4 is 15.5 Å². The molecule has 1 aliphatic heterocycles. The standard InChI is InChI=1S/C19H30N4/c1-16(2)8-7-11-21-19(20-3)22-15-17-9-6-10-18(14-17)23-12-4-5-13-23/h4-6,9-10,14,16H,7-8,11-13,15H2,1-3H3,(H2,20,21,22). The molecule has 126 valence electrons. The molecule has 4 nitrogen and oxygen atoms in total. The molecule has 2 N–H and O–H groups in total. The molecule has 1 aliphatic rings. The highest BCUT2D eigenvalue weighted by Gasteiger charge is 2.08. The Hall–Kier alpha value is -1.97. The maximum atomic E-state index is 4.29. The lowest BCUT2D eigenvalue weighted by Crippen LogP contribution is -2.37. The van der Waals surface area contributed by atoms with E-state index in [9.17, 15) is 0 Å². The van der Waals surface area contributed by atoms with Crippen LogP contribution in [0.25, 0.3) is 0 Å².